The van der Waals surface area contributed by atoms with Crippen LogP contribution in [0.2, 0.25) is 0 Å². The molecule has 0 spiro atoms. The average molecular weight is 368 g/mol. The monoisotopic (exact) mass is 368 g/mol. The van der Waals surface area contributed by atoms with Crippen molar-refractivity contribution < 1.29 is 17.6 Å². The third kappa shape index (κ3) is 4.10. The van der Waals surface area contributed by atoms with Gasteiger partial charge in [0.1, 0.15) is 17.2 Å². The first kappa shape index (κ1) is 19.2. The number of hydrogen-bond donors (Lipinski definition) is 1. The standard InChI is InChI=1S/C16H24N4O4S/c1-5-19(6-2)25(22,23)16-12(3)18-20(13(16)4)11-15(21)17-10-14-8-7-9-24-14/h7-9H,5-6,10-11H2,1-4H3,(H,17,21). The Morgan fingerprint density at radius 3 is 2.56 bits per heavy atom. The van der Waals surface area contributed by atoms with Crippen LogP contribution in [0.5, 0.6) is 0 Å². The molecule has 9 heteroatoms. The van der Waals surface area contributed by atoms with Gasteiger partial charge in [-0.15, -0.1) is 0 Å². The average Bonchev–Trinajstić information content (AvgIpc) is 3.15. The molecule has 0 bridgehead atoms. The van der Waals surface area contributed by atoms with Crippen molar-refractivity contribution in [1.29, 1.82) is 0 Å². The zero-order valence-electron chi connectivity index (χ0n) is 14.9. The fraction of sp³-hybridized carbons (Fsp3) is 0.500. The first-order chi connectivity index (χ1) is 11.8. The molecule has 138 valence electrons. The van der Waals surface area contributed by atoms with Crippen LogP contribution in [0.15, 0.2) is 27.7 Å². The first-order valence-electron chi connectivity index (χ1n) is 8.14. The highest BCUT2D eigenvalue weighted by atomic mass is 32.2. The van der Waals surface area contributed by atoms with Gasteiger partial charge in [-0.2, -0.15) is 9.40 Å². The SMILES string of the molecule is CCN(CC)S(=O)(=O)c1c(C)nn(CC(=O)NCc2ccco2)c1C. The number of amides is 1. The van der Waals surface area contributed by atoms with E-state index in [4.69, 9.17) is 4.42 Å². The third-order valence-corrected chi connectivity index (χ3v) is 6.25. The highest BCUT2D eigenvalue weighted by molar-refractivity contribution is 7.89. The van der Waals surface area contributed by atoms with Crippen LogP contribution >= 0.6 is 0 Å². The van der Waals surface area contributed by atoms with Crippen molar-refractivity contribution in [3.05, 3.63) is 35.5 Å². The molecular weight excluding hydrogens is 344 g/mol. The van der Waals surface area contributed by atoms with Crippen LogP contribution in [0, 0.1) is 13.8 Å². The summed E-state index contributed by atoms with van der Waals surface area (Å²) in [4.78, 5) is 12.3. The van der Waals surface area contributed by atoms with E-state index in [1.54, 1.807) is 39.8 Å². The minimum Gasteiger partial charge on any atom is -0.467 e. The molecule has 0 atom stereocenters. The number of carbonyl (C=O) groups is 1. The summed E-state index contributed by atoms with van der Waals surface area (Å²) in [5, 5.41) is 6.96. The molecule has 0 aliphatic rings. The Morgan fingerprint density at radius 2 is 2.00 bits per heavy atom. The van der Waals surface area contributed by atoms with Gasteiger partial charge in [-0.3, -0.25) is 9.48 Å². The summed E-state index contributed by atoms with van der Waals surface area (Å²) in [6, 6.07) is 3.51. The highest BCUT2D eigenvalue weighted by Gasteiger charge is 2.29. The summed E-state index contributed by atoms with van der Waals surface area (Å²) in [6.07, 6.45) is 1.53. The molecule has 25 heavy (non-hydrogen) atoms. The lowest BCUT2D eigenvalue weighted by Gasteiger charge is -2.18. The van der Waals surface area contributed by atoms with Crippen molar-refractivity contribution in [2.24, 2.45) is 0 Å². The number of hydrogen-bond acceptors (Lipinski definition) is 5. The lowest BCUT2D eigenvalue weighted by atomic mass is 10.4. The molecule has 1 N–H and O–H groups in total. The van der Waals surface area contributed by atoms with Crippen molar-refractivity contribution >= 4 is 15.9 Å². The first-order valence-corrected chi connectivity index (χ1v) is 9.58. The Hall–Kier alpha value is -2.13. The number of nitrogens with one attached hydrogen (secondary N) is 1. The zero-order valence-corrected chi connectivity index (χ0v) is 15.8. The predicted octanol–water partition coefficient (Wildman–Crippen LogP) is 1.44. The van der Waals surface area contributed by atoms with E-state index in [2.05, 4.69) is 10.4 Å². The number of sulfonamides is 1. The normalized spacial score (nSPS) is 11.9. The molecule has 0 aliphatic heterocycles. The number of nitrogens with zero attached hydrogens (tertiary/aromatic N) is 3. The van der Waals surface area contributed by atoms with Gasteiger partial charge in [0.2, 0.25) is 15.9 Å². The van der Waals surface area contributed by atoms with E-state index in [0.29, 0.717) is 30.2 Å². The van der Waals surface area contributed by atoms with E-state index in [1.165, 1.54) is 15.3 Å². The second-order valence-corrected chi connectivity index (χ2v) is 7.48. The quantitative estimate of drug-likeness (QED) is 0.760. The summed E-state index contributed by atoms with van der Waals surface area (Å²) in [5.74, 6) is 0.375. The predicted molar refractivity (Wildman–Crippen MR) is 92.4 cm³/mol. The zero-order chi connectivity index (χ0) is 18.6. The van der Waals surface area contributed by atoms with E-state index in [9.17, 15) is 13.2 Å². The molecule has 2 aromatic rings. The van der Waals surface area contributed by atoms with Crippen LogP contribution in [-0.4, -0.2) is 41.5 Å². The van der Waals surface area contributed by atoms with E-state index in [-0.39, 0.29) is 23.9 Å². The Morgan fingerprint density at radius 1 is 1.32 bits per heavy atom. The number of rotatable bonds is 8. The van der Waals surface area contributed by atoms with Crippen LogP contribution in [0.1, 0.15) is 31.0 Å². The van der Waals surface area contributed by atoms with Gasteiger partial charge in [-0.1, -0.05) is 13.8 Å². The van der Waals surface area contributed by atoms with E-state index in [1.807, 2.05) is 0 Å². The van der Waals surface area contributed by atoms with Gasteiger partial charge >= 0.3 is 0 Å². The highest BCUT2D eigenvalue weighted by Crippen LogP contribution is 2.23. The summed E-state index contributed by atoms with van der Waals surface area (Å²) < 4.78 is 33.5. The molecule has 0 saturated heterocycles. The number of furan rings is 1. The third-order valence-electron chi connectivity index (χ3n) is 3.95. The number of carbonyl (C=O) groups excluding carboxylic acids is 1. The van der Waals surface area contributed by atoms with Gasteiger partial charge in [0.15, 0.2) is 0 Å². The maximum absolute atomic E-state index is 12.8. The second kappa shape index (κ2) is 7.83. The maximum atomic E-state index is 12.8. The molecule has 1 amide bonds. The molecular formula is C16H24N4O4S. The van der Waals surface area contributed by atoms with Gasteiger partial charge in [-0.05, 0) is 26.0 Å². The lowest BCUT2D eigenvalue weighted by Crippen LogP contribution is -2.31. The van der Waals surface area contributed by atoms with Gasteiger partial charge in [-0.25, -0.2) is 8.42 Å². The molecule has 0 radical (unpaired) electrons. The van der Waals surface area contributed by atoms with Crippen molar-refractivity contribution in [3.8, 4) is 0 Å². The van der Waals surface area contributed by atoms with E-state index >= 15 is 0 Å². The molecule has 0 aliphatic carbocycles. The molecule has 2 rings (SSSR count). The van der Waals surface area contributed by atoms with Crippen molar-refractivity contribution in [2.45, 2.75) is 45.7 Å². The van der Waals surface area contributed by atoms with Crippen LogP contribution in [0.25, 0.3) is 0 Å². The molecule has 0 saturated carbocycles. The fourth-order valence-electron chi connectivity index (χ4n) is 2.69. The van der Waals surface area contributed by atoms with Gasteiger partial charge in [0.25, 0.3) is 0 Å². The van der Waals surface area contributed by atoms with E-state index in [0.717, 1.165) is 0 Å². The van der Waals surface area contributed by atoms with Gasteiger partial charge in [0, 0.05) is 13.1 Å². The molecule has 2 heterocycles. The van der Waals surface area contributed by atoms with Crippen LogP contribution in [-0.2, 0) is 27.9 Å². The molecule has 8 nitrogen and oxygen atoms in total. The smallest absolute Gasteiger partial charge is 0.246 e. The van der Waals surface area contributed by atoms with Gasteiger partial charge < -0.3 is 9.73 Å². The van der Waals surface area contributed by atoms with Crippen LogP contribution in [0.3, 0.4) is 0 Å². The Labute approximate surface area is 147 Å². The van der Waals surface area contributed by atoms with Crippen LogP contribution in [0.4, 0.5) is 0 Å². The summed E-state index contributed by atoms with van der Waals surface area (Å²) in [6.45, 7) is 7.86. The molecule has 0 fully saturated rings. The minimum absolute atomic E-state index is 0.0544. The Balaban J connectivity index is 2.17. The summed E-state index contributed by atoms with van der Waals surface area (Å²) >= 11 is 0. The topological polar surface area (TPSA) is 97.4 Å². The van der Waals surface area contributed by atoms with Crippen molar-refractivity contribution in [2.75, 3.05) is 13.1 Å². The maximum Gasteiger partial charge on any atom is 0.246 e. The fourth-order valence-corrected chi connectivity index (χ4v) is 4.52. The second-order valence-electron chi connectivity index (χ2n) is 5.60. The minimum atomic E-state index is -3.62. The molecule has 2 aromatic heterocycles. The molecule has 0 aromatic carbocycles. The summed E-state index contributed by atoms with van der Waals surface area (Å²) in [7, 11) is -3.62. The van der Waals surface area contributed by atoms with Gasteiger partial charge in [0.05, 0.1) is 24.2 Å². The Bertz CT molecular complexity index is 821. The van der Waals surface area contributed by atoms with Crippen LogP contribution < -0.4 is 5.32 Å². The number of aromatic nitrogens is 2. The summed E-state index contributed by atoms with van der Waals surface area (Å²) in [5.41, 5.74) is 0.848. The lowest BCUT2D eigenvalue weighted by molar-refractivity contribution is -0.122. The Kier molecular flexibility index (Phi) is 6.02. The molecule has 0 unspecified atom stereocenters. The largest absolute Gasteiger partial charge is 0.467 e. The van der Waals surface area contributed by atoms with E-state index < -0.39 is 10.0 Å². The van der Waals surface area contributed by atoms with Crippen molar-refractivity contribution in [3.63, 3.8) is 0 Å². The van der Waals surface area contributed by atoms with Crippen molar-refractivity contribution in [1.82, 2.24) is 19.4 Å². The number of aryl methyl sites for hydroxylation is 1.